The highest BCUT2D eigenvalue weighted by Gasteiger charge is 2.27. The topological polar surface area (TPSA) is 29.4 Å². The van der Waals surface area contributed by atoms with Crippen LogP contribution in [-0.4, -0.2) is 12.3 Å². The second kappa shape index (κ2) is 4.92. The van der Waals surface area contributed by atoms with Gasteiger partial charge in [-0.3, -0.25) is 9.79 Å². The molecule has 1 unspecified atom stereocenters. The van der Waals surface area contributed by atoms with E-state index >= 15 is 0 Å². The van der Waals surface area contributed by atoms with Crippen LogP contribution in [0.5, 0.6) is 0 Å². The van der Waals surface area contributed by atoms with Crippen LogP contribution in [0.2, 0.25) is 0 Å². The molecule has 0 amide bonds. The summed E-state index contributed by atoms with van der Waals surface area (Å²) in [4.78, 5) is 17.3. The van der Waals surface area contributed by atoms with Crippen molar-refractivity contribution in [1.29, 1.82) is 0 Å². The molecule has 1 aromatic carbocycles. The average Bonchev–Trinajstić information content (AvgIpc) is 2.46. The predicted octanol–water partition coefficient (Wildman–Crippen LogP) is 2.50. The van der Waals surface area contributed by atoms with Crippen LogP contribution in [0.4, 0.5) is 0 Å². The minimum Gasteiger partial charge on any atom is -0.294 e. The van der Waals surface area contributed by atoms with Crippen LogP contribution in [0, 0.1) is 11.8 Å². The van der Waals surface area contributed by atoms with Crippen LogP contribution in [0.1, 0.15) is 49.9 Å². The summed E-state index contributed by atoms with van der Waals surface area (Å²) < 4.78 is 0. The lowest BCUT2D eigenvalue weighted by Gasteiger charge is -2.23. The largest absolute Gasteiger partial charge is 0.294 e. The summed E-state index contributed by atoms with van der Waals surface area (Å²) in [7, 11) is 0. The van der Waals surface area contributed by atoms with Gasteiger partial charge in [0, 0.05) is 18.0 Å². The third-order valence-electron chi connectivity index (χ3n) is 4.45. The van der Waals surface area contributed by atoms with Gasteiger partial charge in [0.1, 0.15) is 0 Å². The molecule has 100 valence electrons. The molecule has 0 N–H and O–H groups in total. The number of para-hydroxylation sites is 1. The molecule has 1 fully saturated rings. The maximum Gasteiger partial charge on any atom is 0.168 e. The van der Waals surface area contributed by atoms with E-state index in [0.717, 1.165) is 36.7 Å². The Morgan fingerprint density at radius 1 is 1.32 bits per heavy atom. The molecule has 2 aliphatic rings. The molecule has 1 atom stereocenters. The maximum absolute atomic E-state index is 12.5. The van der Waals surface area contributed by atoms with Crippen molar-refractivity contribution in [2.75, 3.05) is 6.54 Å². The third kappa shape index (κ3) is 2.24. The predicted molar refractivity (Wildman–Crippen MR) is 76.6 cm³/mol. The van der Waals surface area contributed by atoms with Gasteiger partial charge >= 0.3 is 0 Å². The van der Waals surface area contributed by atoms with Gasteiger partial charge in [-0.2, -0.15) is 0 Å². The SMILES string of the molecule is CC1=c2cccc(C(=O)C3CCC3)c2=NCC(C)C1. The van der Waals surface area contributed by atoms with Gasteiger partial charge in [0.15, 0.2) is 5.78 Å². The minimum atomic E-state index is 0.252. The summed E-state index contributed by atoms with van der Waals surface area (Å²) in [6, 6.07) is 6.09. The Morgan fingerprint density at radius 2 is 2.11 bits per heavy atom. The third-order valence-corrected chi connectivity index (χ3v) is 4.45. The smallest absolute Gasteiger partial charge is 0.168 e. The Bertz CT molecular complexity index is 625. The number of carbonyl (C=O) groups is 1. The molecule has 0 aromatic heterocycles. The fraction of sp³-hybridized carbons (Fsp3) is 0.529. The van der Waals surface area contributed by atoms with Gasteiger partial charge in [0.05, 0.1) is 5.36 Å². The van der Waals surface area contributed by atoms with Crippen molar-refractivity contribution in [3.8, 4) is 0 Å². The van der Waals surface area contributed by atoms with E-state index in [2.05, 4.69) is 19.9 Å². The first-order valence-corrected chi connectivity index (χ1v) is 7.34. The lowest BCUT2D eigenvalue weighted by atomic mass is 9.79. The highest BCUT2D eigenvalue weighted by atomic mass is 16.1. The summed E-state index contributed by atoms with van der Waals surface area (Å²) >= 11 is 0. The van der Waals surface area contributed by atoms with Gasteiger partial charge in [-0.1, -0.05) is 31.1 Å². The van der Waals surface area contributed by atoms with Crippen LogP contribution < -0.4 is 10.6 Å². The molecule has 19 heavy (non-hydrogen) atoms. The molecular weight excluding hydrogens is 234 g/mol. The molecule has 0 radical (unpaired) electrons. The number of rotatable bonds is 2. The van der Waals surface area contributed by atoms with Crippen molar-refractivity contribution in [1.82, 2.24) is 0 Å². The number of hydrogen-bond acceptors (Lipinski definition) is 2. The number of nitrogens with zero attached hydrogens (tertiary/aromatic N) is 1. The highest BCUT2D eigenvalue weighted by molar-refractivity contribution is 5.98. The van der Waals surface area contributed by atoms with E-state index in [9.17, 15) is 4.79 Å². The summed E-state index contributed by atoms with van der Waals surface area (Å²) in [5.74, 6) is 1.14. The Hall–Kier alpha value is -1.44. The van der Waals surface area contributed by atoms with E-state index in [-0.39, 0.29) is 5.92 Å². The van der Waals surface area contributed by atoms with Crippen molar-refractivity contribution < 1.29 is 4.79 Å². The van der Waals surface area contributed by atoms with Crippen molar-refractivity contribution in [3.63, 3.8) is 0 Å². The molecule has 3 rings (SSSR count). The van der Waals surface area contributed by atoms with Crippen LogP contribution in [0.3, 0.4) is 0 Å². The van der Waals surface area contributed by atoms with E-state index in [1.807, 2.05) is 12.1 Å². The summed E-state index contributed by atoms with van der Waals surface area (Å²) in [5.41, 5.74) is 2.22. The van der Waals surface area contributed by atoms with Gasteiger partial charge in [-0.05, 0) is 43.4 Å². The Labute approximate surface area is 114 Å². The van der Waals surface area contributed by atoms with Gasteiger partial charge in [-0.25, -0.2) is 0 Å². The van der Waals surface area contributed by atoms with Gasteiger partial charge in [-0.15, -0.1) is 0 Å². The first kappa shape index (κ1) is 12.6. The summed E-state index contributed by atoms with van der Waals surface area (Å²) in [6.07, 6.45) is 4.39. The maximum atomic E-state index is 12.5. The van der Waals surface area contributed by atoms with Crippen LogP contribution >= 0.6 is 0 Å². The average molecular weight is 255 g/mol. The summed E-state index contributed by atoms with van der Waals surface area (Å²) in [5, 5.41) is 2.15. The zero-order valence-corrected chi connectivity index (χ0v) is 11.8. The second-order valence-electron chi connectivity index (χ2n) is 6.12. The van der Waals surface area contributed by atoms with Gasteiger partial charge < -0.3 is 0 Å². The summed E-state index contributed by atoms with van der Waals surface area (Å²) in [6.45, 7) is 5.24. The monoisotopic (exact) mass is 255 g/mol. The quantitative estimate of drug-likeness (QED) is 0.747. The van der Waals surface area contributed by atoms with E-state index in [1.54, 1.807) is 0 Å². The van der Waals surface area contributed by atoms with E-state index in [4.69, 9.17) is 4.99 Å². The zero-order valence-electron chi connectivity index (χ0n) is 11.8. The van der Waals surface area contributed by atoms with Crippen LogP contribution in [0.25, 0.3) is 5.57 Å². The lowest BCUT2D eigenvalue weighted by molar-refractivity contribution is 0.0853. The molecule has 2 heteroatoms. The number of Topliss-reactive ketones (excluding diaryl/α,β-unsaturated/α-hetero) is 1. The molecule has 0 bridgehead atoms. The van der Waals surface area contributed by atoms with Crippen molar-refractivity contribution in [2.24, 2.45) is 16.8 Å². The van der Waals surface area contributed by atoms with Crippen molar-refractivity contribution in [3.05, 3.63) is 34.3 Å². The number of carbonyl (C=O) groups excluding carboxylic acids is 1. The van der Waals surface area contributed by atoms with E-state index in [1.165, 1.54) is 17.2 Å². The fourth-order valence-electron chi connectivity index (χ4n) is 3.09. The Balaban J connectivity index is 2.16. The lowest BCUT2D eigenvalue weighted by Crippen LogP contribution is -2.35. The fourth-order valence-corrected chi connectivity index (χ4v) is 3.09. The minimum absolute atomic E-state index is 0.252. The molecule has 1 aliphatic carbocycles. The van der Waals surface area contributed by atoms with E-state index < -0.39 is 0 Å². The van der Waals surface area contributed by atoms with Crippen molar-refractivity contribution in [2.45, 2.75) is 39.5 Å². The van der Waals surface area contributed by atoms with Gasteiger partial charge in [0.25, 0.3) is 0 Å². The first-order chi connectivity index (χ1) is 9.16. The van der Waals surface area contributed by atoms with Gasteiger partial charge in [0.2, 0.25) is 0 Å². The molecule has 2 nitrogen and oxygen atoms in total. The molecule has 0 saturated heterocycles. The molecule has 0 spiro atoms. The highest BCUT2D eigenvalue weighted by Crippen LogP contribution is 2.28. The number of hydrogen-bond donors (Lipinski definition) is 0. The molecule has 1 aromatic rings. The molecular formula is C17H21NO. The zero-order chi connectivity index (χ0) is 13.4. The van der Waals surface area contributed by atoms with Crippen molar-refractivity contribution >= 4 is 11.4 Å². The standard InChI is InChI=1S/C17H21NO/c1-11-9-12(2)14-7-4-8-15(16(14)18-10-11)17(19)13-5-3-6-13/h4,7-8,11,13H,3,5-6,9-10H2,1-2H3. The molecule has 1 heterocycles. The Kier molecular flexibility index (Phi) is 3.26. The normalized spacial score (nSPS) is 23.1. The number of benzene rings is 1. The molecule has 1 aliphatic heterocycles. The first-order valence-electron chi connectivity index (χ1n) is 7.34. The second-order valence-corrected chi connectivity index (χ2v) is 6.12. The number of fused-ring (bicyclic) bond motifs is 1. The molecule has 1 saturated carbocycles. The van der Waals surface area contributed by atoms with Crippen LogP contribution in [0.15, 0.2) is 23.2 Å². The Morgan fingerprint density at radius 3 is 2.79 bits per heavy atom. The van der Waals surface area contributed by atoms with Crippen LogP contribution in [-0.2, 0) is 0 Å². The van der Waals surface area contributed by atoms with E-state index in [0.29, 0.717) is 11.7 Å². The number of ketones is 1.